The quantitative estimate of drug-likeness (QED) is 0.677. The van der Waals surface area contributed by atoms with E-state index in [0.29, 0.717) is 12.0 Å². The van der Waals surface area contributed by atoms with Crippen molar-refractivity contribution < 1.29 is 17.9 Å². The molecule has 0 N–H and O–H groups in total. The summed E-state index contributed by atoms with van der Waals surface area (Å²) >= 11 is 0. The van der Waals surface area contributed by atoms with Gasteiger partial charge < -0.3 is 4.74 Å². The second kappa shape index (κ2) is 8.78. The maximum Gasteiger partial charge on any atom is 0.321 e. The molecule has 0 saturated carbocycles. The molecular formula is C19H23NO4S. The minimum Gasteiger partial charge on any atom is -0.465 e. The molecular weight excluding hydrogens is 338 g/mol. The fourth-order valence-corrected chi connectivity index (χ4v) is 4.26. The molecule has 0 aliphatic rings. The Morgan fingerprint density at radius 2 is 1.64 bits per heavy atom. The lowest BCUT2D eigenvalue weighted by Gasteiger charge is -2.22. The summed E-state index contributed by atoms with van der Waals surface area (Å²) in [6.45, 7) is 3.76. The van der Waals surface area contributed by atoms with Crippen LogP contribution in [0.25, 0.3) is 11.1 Å². The van der Waals surface area contributed by atoms with Crippen LogP contribution in [0.15, 0.2) is 59.5 Å². The van der Waals surface area contributed by atoms with E-state index in [1.54, 1.807) is 31.2 Å². The Kier molecular flexibility index (Phi) is 6.73. The standard InChI is InChI=1S/C19H23NO4S/c1-3-14-20(15-19(21)24-4-2)25(22,23)18-13-9-8-12-17(18)16-10-6-5-7-11-16/h5-13H,3-4,14-15H2,1-2H3. The van der Waals surface area contributed by atoms with Crippen LogP contribution in [-0.4, -0.2) is 38.4 Å². The van der Waals surface area contributed by atoms with Crippen LogP contribution in [0.1, 0.15) is 20.3 Å². The zero-order chi connectivity index (χ0) is 18.3. The van der Waals surface area contributed by atoms with Crippen molar-refractivity contribution in [2.45, 2.75) is 25.2 Å². The maximum atomic E-state index is 13.2. The predicted octanol–water partition coefficient (Wildman–Crippen LogP) is 3.32. The molecule has 25 heavy (non-hydrogen) atoms. The van der Waals surface area contributed by atoms with E-state index in [1.165, 1.54) is 4.31 Å². The van der Waals surface area contributed by atoms with Gasteiger partial charge in [-0.3, -0.25) is 4.79 Å². The summed E-state index contributed by atoms with van der Waals surface area (Å²) in [7, 11) is -3.82. The topological polar surface area (TPSA) is 63.7 Å². The Morgan fingerprint density at radius 1 is 1.00 bits per heavy atom. The molecule has 0 radical (unpaired) electrons. The highest BCUT2D eigenvalue weighted by Gasteiger charge is 2.28. The van der Waals surface area contributed by atoms with E-state index in [2.05, 4.69) is 0 Å². The van der Waals surface area contributed by atoms with Gasteiger partial charge in [0.1, 0.15) is 6.54 Å². The van der Waals surface area contributed by atoms with Crippen LogP contribution in [0.5, 0.6) is 0 Å². The smallest absolute Gasteiger partial charge is 0.321 e. The molecule has 0 bridgehead atoms. The van der Waals surface area contributed by atoms with Gasteiger partial charge in [0.2, 0.25) is 10.0 Å². The van der Waals surface area contributed by atoms with E-state index in [0.717, 1.165) is 5.56 Å². The van der Waals surface area contributed by atoms with E-state index in [-0.39, 0.29) is 24.6 Å². The summed E-state index contributed by atoms with van der Waals surface area (Å²) in [5.41, 5.74) is 1.43. The van der Waals surface area contributed by atoms with Gasteiger partial charge in [-0.2, -0.15) is 4.31 Å². The van der Waals surface area contributed by atoms with Crippen LogP contribution >= 0.6 is 0 Å². The molecule has 0 fully saturated rings. The summed E-state index contributed by atoms with van der Waals surface area (Å²) in [4.78, 5) is 12.0. The van der Waals surface area contributed by atoms with Gasteiger partial charge >= 0.3 is 5.97 Å². The van der Waals surface area contributed by atoms with Crippen molar-refractivity contribution in [1.82, 2.24) is 4.31 Å². The summed E-state index contributed by atoms with van der Waals surface area (Å²) in [5.74, 6) is -0.545. The predicted molar refractivity (Wildman–Crippen MR) is 97.6 cm³/mol. The minimum absolute atomic E-state index is 0.193. The van der Waals surface area contributed by atoms with Gasteiger partial charge in [-0.05, 0) is 25.0 Å². The van der Waals surface area contributed by atoms with Crippen molar-refractivity contribution in [2.75, 3.05) is 19.7 Å². The highest BCUT2D eigenvalue weighted by Crippen LogP contribution is 2.29. The third kappa shape index (κ3) is 4.67. The first-order chi connectivity index (χ1) is 12.0. The SMILES string of the molecule is CCCN(CC(=O)OCC)S(=O)(=O)c1ccccc1-c1ccccc1. The number of esters is 1. The second-order valence-electron chi connectivity index (χ2n) is 5.51. The normalized spacial score (nSPS) is 11.5. The zero-order valence-corrected chi connectivity index (χ0v) is 15.3. The van der Waals surface area contributed by atoms with Gasteiger partial charge in [-0.15, -0.1) is 0 Å². The van der Waals surface area contributed by atoms with Gasteiger partial charge in [-0.1, -0.05) is 55.5 Å². The number of hydrogen-bond acceptors (Lipinski definition) is 4. The monoisotopic (exact) mass is 361 g/mol. The van der Waals surface area contributed by atoms with Crippen LogP contribution < -0.4 is 0 Å². The lowest BCUT2D eigenvalue weighted by molar-refractivity contribution is -0.143. The number of benzene rings is 2. The third-order valence-corrected chi connectivity index (χ3v) is 5.58. The second-order valence-corrected chi connectivity index (χ2v) is 7.41. The van der Waals surface area contributed by atoms with E-state index in [9.17, 15) is 13.2 Å². The molecule has 0 heterocycles. The third-order valence-electron chi connectivity index (χ3n) is 3.67. The highest BCUT2D eigenvalue weighted by atomic mass is 32.2. The van der Waals surface area contributed by atoms with Crippen molar-refractivity contribution >= 4 is 16.0 Å². The van der Waals surface area contributed by atoms with E-state index in [1.807, 2.05) is 37.3 Å². The lowest BCUT2D eigenvalue weighted by atomic mass is 10.1. The molecule has 0 amide bonds. The van der Waals surface area contributed by atoms with Crippen LogP contribution in [0, 0.1) is 0 Å². The van der Waals surface area contributed by atoms with Crippen molar-refractivity contribution in [1.29, 1.82) is 0 Å². The van der Waals surface area contributed by atoms with Crippen LogP contribution in [0.2, 0.25) is 0 Å². The summed E-state index contributed by atoms with van der Waals surface area (Å²) in [6.07, 6.45) is 0.603. The van der Waals surface area contributed by atoms with E-state index >= 15 is 0 Å². The lowest BCUT2D eigenvalue weighted by Crippen LogP contribution is -2.37. The first-order valence-electron chi connectivity index (χ1n) is 8.31. The van der Waals surface area contributed by atoms with E-state index in [4.69, 9.17) is 4.74 Å². The average molecular weight is 361 g/mol. The van der Waals surface area contributed by atoms with Crippen LogP contribution in [-0.2, 0) is 19.6 Å². The summed E-state index contributed by atoms with van der Waals surface area (Å²) in [6, 6.07) is 16.2. The Bertz CT molecular complexity index is 803. The Labute approximate surface area is 149 Å². The molecule has 5 nitrogen and oxygen atoms in total. The minimum atomic E-state index is -3.82. The Balaban J connectivity index is 2.45. The summed E-state index contributed by atoms with van der Waals surface area (Å²) in [5, 5.41) is 0. The van der Waals surface area contributed by atoms with Gasteiger partial charge in [0.25, 0.3) is 0 Å². The number of nitrogens with zero attached hydrogens (tertiary/aromatic N) is 1. The number of sulfonamides is 1. The molecule has 134 valence electrons. The van der Waals surface area contributed by atoms with Crippen molar-refractivity contribution in [3.8, 4) is 11.1 Å². The molecule has 2 rings (SSSR count). The Hall–Kier alpha value is -2.18. The fourth-order valence-electron chi connectivity index (χ4n) is 2.57. The molecule has 0 atom stereocenters. The molecule has 0 aliphatic carbocycles. The van der Waals surface area contributed by atoms with Gasteiger partial charge in [0.05, 0.1) is 11.5 Å². The van der Waals surface area contributed by atoms with Crippen LogP contribution in [0.4, 0.5) is 0 Å². The largest absolute Gasteiger partial charge is 0.465 e. The van der Waals surface area contributed by atoms with Crippen molar-refractivity contribution in [2.24, 2.45) is 0 Å². The van der Waals surface area contributed by atoms with E-state index < -0.39 is 16.0 Å². The molecule has 2 aromatic rings. The average Bonchev–Trinajstić information content (AvgIpc) is 2.62. The fraction of sp³-hybridized carbons (Fsp3) is 0.316. The number of ether oxygens (including phenoxy) is 1. The molecule has 0 spiro atoms. The molecule has 2 aromatic carbocycles. The van der Waals surface area contributed by atoms with Gasteiger partial charge in [0.15, 0.2) is 0 Å². The van der Waals surface area contributed by atoms with Gasteiger partial charge in [0, 0.05) is 12.1 Å². The first-order valence-corrected chi connectivity index (χ1v) is 9.75. The van der Waals surface area contributed by atoms with Crippen molar-refractivity contribution in [3.63, 3.8) is 0 Å². The number of carbonyl (C=O) groups excluding carboxylic acids is 1. The molecule has 0 saturated heterocycles. The Morgan fingerprint density at radius 3 is 2.28 bits per heavy atom. The number of hydrogen-bond donors (Lipinski definition) is 0. The molecule has 0 aliphatic heterocycles. The molecule has 0 unspecified atom stereocenters. The number of rotatable bonds is 8. The molecule has 0 aromatic heterocycles. The van der Waals surface area contributed by atoms with Crippen molar-refractivity contribution in [3.05, 3.63) is 54.6 Å². The number of carbonyl (C=O) groups is 1. The highest BCUT2D eigenvalue weighted by molar-refractivity contribution is 7.89. The zero-order valence-electron chi connectivity index (χ0n) is 14.5. The molecule has 6 heteroatoms. The summed E-state index contributed by atoms with van der Waals surface area (Å²) < 4.78 is 32.5. The van der Waals surface area contributed by atoms with Crippen LogP contribution in [0.3, 0.4) is 0 Å². The maximum absolute atomic E-state index is 13.2. The van der Waals surface area contributed by atoms with Gasteiger partial charge in [-0.25, -0.2) is 8.42 Å². The first kappa shape index (κ1) is 19.1.